The fraction of sp³-hybridized carbons (Fsp3) is 0.932. The van der Waals surface area contributed by atoms with Crippen LogP contribution in [0.2, 0.25) is 0 Å². The summed E-state index contributed by atoms with van der Waals surface area (Å²) in [5, 5.41) is 25.4. The second-order valence-corrected chi connectivity index (χ2v) is 14.7. The Labute approximate surface area is 311 Å². The summed E-state index contributed by atoms with van der Waals surface area (Å²) < 4.78 is 0. The first-order chi connectivity index (χ1) is 24.3. The Morgan fingerprint density at radius 2 is 0.360 bits per heavy atom. The highest BCUT2D eigenvalue weighted by molar-refractivity contribution is 5.67. The maximum atomic E-state index is 10.3. The van der Waals surface area contributed by atoms with Gasteiger partial charge in [0.05, 0.1) is 0 Å². The minimum absolute atomic E-state index is 0.343. The molecule has 0 amide bonds. The van der Waals surface area contributed by atoms with E-state index < -0.39 is 17.9 Å². The van der Waals surface area contributed by atoms with E-state index in [1.165, 1.54) is 186 Å². The quantitative estimate of drug-likeness (QED) is 0.0549. The Morgan fingerprint density at radius 1 is 0.240 bits per heavy atom. The van der Waals surface area contributed by atoms with Crippen LogP contribution in [-0.4, -0.2) is 33.2 Å². The number of rotatable bonds is 38. The lowest BCUT2D eigenvalue weighted by atomic mass is 10.0. The summed E-state index contributed by atoms with van der Waals surface area (Å²) in [5.41, 5.74) is 0. The van der Waals surface area contributed by atoms with Crippen molar-refractivity contribution in [2.45, 2.75) is 265 Å². The molecule has 0 heterocycles. The number of aliphatic carboxylic acids is 3. The van der Waals surface area contributed by atoms with Crippen LogP contribution in [0.3, 0.4) is 0 Å². The van der Waals surface area contributed by atoms with E-state index in [1.54, 1.807) is 0 Å². The van der Waals surface area contributed by atoms with Gasteiger partial charge in [-0.15, -0.1) is 0 Å². The van der Waals surface area contributed by atoms with Crippen molar-refractivity contribution < 1.29 is 29.7 Å². The molecular weight excluding hydrogens is 624 g/mol. The van der Waals surface area contributed by atoms with Crippen molar-refractivity contribution >= 4 is 17.9 Å². The van der Waals surface area contributed by atoms with Gasteiger partial charge in [0.2, 0.25) is 0 Å². The van der Waals surface area contributed by atoms with Gasteiger partial charge in [-0.2, -0.15) is 0 Å². The first kappa shape index (κ1) is 52.8. The first-order valence-corrected chi connectivity index (χ1v) is 22.0. The van der Waals surface area contributed by atoms with Crippen LogP contribution in [0.5, 0.6) is 0 Å². The van der Waals surface area contributed by atoms with Crippen LogP contribution in [0, 0.1) is 0 Å². The molecule has 0 aromatic heterocycles. The smallest absolute Gasteiger partial charge is 0.303 e. The highest BCUT2D eigenvalue weighted by atomic mass is 16.4. The molecule has 0 fully saturated rings. The maximum Gasteiger partial charge on any atom is 0.303 e. The number of carboxylic acid groups (broad SMARTS) is 3. The maximum absolute atomic E-state index is 10.3. The average molecular weight is 713 g/mol. The molecule has 0 aliphatic carbocycles. The minimum Gasteiger partial charge on any atom is -0.481 e. The van der Waals surface area contributed by atoms with E-state index in [0.717, 1.165) is 38.5 Å². The van der Waals surface area contributed by atoms with Crippen LogP contribution in [0.25, 0.3) is 0 Å². The molecule has 0 atom stereocenters. The van der Waals surface area contributed by atoms with Crippen LogP contribution in [0.4, 0.5) is 0 Å². The van der Waals surface area contributed by atoms with Gasteiger partial charge >= 0.3 is 17.9 Å². The van der Waals surface area contributed by atoms with Gasteiger partial charge < -0.3 is 15.3 Å². The predicted molar refractivity (Wildman–Crippen MR) is 215 cm³/mol. The Hall–Kier alpha value is -1.59. The number of hydrogen-bond donors (Lipinski definition) is 3. The van der Waals surface area contributed by atoms with E-state index in [0.29, 0.717) is 19.3 Å². The molecule has 6 heteroatoms. The van der Waals surface area contributed by atoms with Gasteiger partial charge in [0.1, 0.15) is 0 Å². The molecule has 50 heavy (non-hydrogen) atoms. The van der Waals surface area contributed by atoms with Gasteiger partial charge in [-0.05, 0) is 19.3 Å². The van der Waals surface area contributed by atoms with Gasteiger partial charge in [0.15, 0.2) is 0 Å². The molecule has 0 aromatic rings. The molecular formula is C44H88O6. The molecule has 0 saturated carbocycles. The van der Waals surface area contributed by atoms with Crippen LogP contribution in [-0.2, 0) is 14.4 Å². The van der Waals surface area contributed by atoms with Crippen molar-refractivity contribution in [3.8, 4) is 0 Å². The Morgan fingerprint density at radius 3 is 0.480 bits per heavy atom. The van der Waals surface area contributed by atoms with Crippen LogP contribution in [0.15, 0.2) is 0 Å². The van der Waals surface area contributed by atoms with Crippen molar-refractivity contribution in [2.75, 3.05) is 0 Å². The third kappa shape index (κ3) is 61.6. The van der Waals surface area contributed by atoms with Crippen molar-refractivity contribution in [3.63, 3.8) is 0 Å². The van der Waals surface area contributed by atoms with E-state index in [4.69, 9.17) is 15.3 Å². The Balaban J connectivity index is -0.000000669. The SMILES string of the molecule is CCCCCCCCCCCC(=O)O.CCCCCCCCCCCCCCCC(=O)O.CCCCCCCCCCCCCCCC(=O)O. The molecule has 0 radical (unpaired) electrons. The Bertz CT molecular complexity index is 625. The summed E-state index contributed by atoms with van der Waals surface area (Å²) >= 11 is 0. The largest absolute Gasteiger partial charge is 0.481 e. The van der Waals surface area contributed by atoms with E-state index in [9.17, 15) is 14.4 Å². The molecule has 0 aliphatic heterocycles. The summed E-state index contributed by atoms with van der Waals surface area (Å²) in [7, 11) is 0. The first-order valence-electron chi connectivity index (χ1n) is 22.0. The minimum atomic E-state index is -0.659. The second-order valence-electron chi connectivity index (χ2n) is 14.7. The average Bonchev–Trinajstić information content (AvgIpc) is 3.08. The van der Waals surface area contributed by atoms with Crippen molar-refractivity contribution in [1.82, 2.24) is 0 Å². The standard InChI is InChI=1S/2C16H32O2.C12H24O2/c2*1-2-3-4-5-6-7-8-9-10-11-12-13-14-15-16(17)18;1-2-3-4-5-6-7-8-9-10-11-12(13)14/h2*2-15H2,1H3,(H,17,18);2-11H2,1H3,(H,13,14). The van der Waals surface area contributed by atoms with Gasteiger partial charge in [-0.1, -0.05) is 226 Å². The lowest BCUT2D eigenvalue weighted by molar-refractivity contribution is -0.138. The number of unbranched alkanes of at least 4 members (excludes halogenated alkanes) is 32. The lowest BCUT2D eigenvalue weighted by Crippen LogP contribution is -1.93. The third-order valence-electron chi connectivity index (χ3n) is 9.48. The fourth-order valence-corrected chi connectivity index (χ4v) is 6.17. The fourth-order valence-electron chi connectivity index (χ4n) is 6.17. The van der Waals surface area contributed by atoms with Gasteiger partial charge in [-0.3, -0.25) is 14.4 Å². The summed E-state index contributed by atoms with van der Waals surface area (Å²) in [5.74, 6) is -1.97. The van der Waals surface area contributed by atoms with Crippen molar-refractivity contribution in [2.24, 2.45) is 0 Å². The van der Waals surface area contributed by atoms with Gasteiger partial charge in [-0.25, -0.2) is 0 Å². The zero-order chi connectivity index (χ0) is 37.6. The molecule has 300 valence electrons. The molecule has 0 unspecified atom stereocenters. The monoisotopic (exact) mass is 713 g/mol. The number of carbonyl (C=O) groups is 3. The zero-order valence-electron chi connectivity index (χ0n) is 33.9. The molecule has 0 aromatic carbocycles. The van der Waals surface area contributed by atoms with Crippen molar-refractivity contribution in [1.29, 1.82) is 0 Å². The molecule has 6 nitrogen and oxygen atoms in total. The van der Waals surface area contributed by atoms with Crippen LogP contribution >= 0.6 is 0 Å². The summed E-state index contributed by atoms with van der Waals surface area (Å²) in [6.07, 6.45) is 46.0. The number of hydrogen-bond acceptors (Lipinski definition) is 3. The van der Waals surface area contributed by atoms with Gasteiger partial charge in [0.25, 0.3) is 0 Å². The summed E-state index contributed by atoms with van der Waals surface area (Å²) in [6, 6.07) is 0. The Kier molecular flexibility index (Phi) is 52.3. The zero-order valence-corrected chi connectivity index (χ0v) is 33.9. The van der Waals surface area contributed by atoms with Crippen molar-refractivity contribution in [3.05, 3.63) is 0 Å². The van der Waals surface area contributed by atoms with E-state index in [-0.39, 0.29) is 0 Å². The van der Waals surface area contributed by atoms with E-state index in [1.807, 2.05) is 0 Å². The highest BCUT2D eigenvalue weighted by Crippen LogP contribution is 2.14. The van der Waals surface area contributed by atoms with E-state index in [2.05, 4.69) is 20.8 Å². The summed E-state index contributed by atoms with van der Waals surface area (Å²) in [6.45, 7) is 6.75. The van der Waals surface area contributed by atoms with Crippen LogP contribution < -0.4 is 0 Å². The molecule has 0 rings (SSSR count). The molecule has 3 N–H and O–H groups in total. The van der Waals surface area contributed by atoms with Gasteiger partial charge in [0, 0.05) is 19.3 Å². The molecule has 0 aliphatic rings. The molecule has 0 saturated heterocycles. The lowest BCUT2D eigenvalue weighted by Gasteiger charge is -2.02. The third-order valence-corrected chi connectivity index (χ3v) is 9.48. The molecule has 0 spiro atoms. The normalized spacial score (nSPS) is 10.6. The van der Waals surface area contributed by atoms with Crippen LogP contribution in [0.1, 0.15) is 265 Å². The summed E-state index contributed by atoms with van der Waals surface area (Å²) in [4.78, 5) is 30.8. The second kappa shape index (κ2) is 49.5. The van der Waals surface area contributed by atoms with E-state index >= 15 is 0 Å². The number of carboxylic acids is 3. The highest BCUT2D eigenvalue weighted by Gasteiger charge is 1.99. The topological polar surface area (TPSA) is 112 Å². The molecule has 0 bridgehead atoms. The predicted octanol–water partition coefficient (Wildman–Crippen LogP) is 15.1.